The maximum Gasteiger partial charge on any atom is 0.136 e. The lowest BCUT2D eigenvalue weighted by Gasteiger charge is -2.16. The Kier molecular flexibility index (Phi) is 2.36. The van der Waals surface area contributed by atoms with Gasteiger partial charge in [0.2, 0.25) is 0 Å². The zero-order valence-corrected chi connectivity index (χ0v) is 7.83. The first kappa shape index (κ1) is 8.62. The molecule has 0 fully saturated rings. The summed E-state index contributed by atoms with van der Waals surface area (Å²) in [5.74, 6) is 0.867. The molecule has 0 saturated heterocycles. The van der Waals surface area contributed by atoms with E-state index in [4.69, 9.17) is 0 Å². The van der Waals surface area contributed by atoms with Gasteiger partial charge in [0.05, 0.1) is 0 Å². The number of rotatable bonds is 2. The standard InChI is InChI=1S/C10H10N4/c1-14(9-2-5-11-6-3-9)10-4-7-12-8-13-10/h2-8H,1H3. The van der Waals surface area contributed by atoms with Gasteiger partial charge in [-0.1, -0.05) is 0 Å². The highest BCUT2D eigenvalue weighted by Gasteiger charge is 2.02. The van der Waals surface area contributed by atoms with Gasteiger partial charge in [0.1, 0.15) is 12.1 Å². The van der Waals surface area contributed by atoms with Crippen LogP contribution in [0.25, 0.3) is 0 Å². The molecule has 0 saturated carbocycles. The van der Waals surface area contributed by atoms with Gasteiger partial charge in [0, 0.05) is 31.3 Å². The van der Waals surface area contributed by atoms with Gasteiger partial charge in [-0.2, -0.15) is 0 Å². The molecule has 0 bridgehead atoms. The first-order valence-electron chi connectivity index (χ1n) is 4.28. The normalized spacial score (nSPS) is 9.79. The molecule has 0 aromatic carbocycles. The molecule has 0 aliphatic carbocycles. The summed E-state index contributed by atoms with van der Waals surface area (Å²) in [6, 6.07) is 5.73. The van der Waals surface area contributed by atoms with E-state index in [0.717, 1.165) is 11.5 Å². The van der Waals surface area contributed by atoms with Crippen LogP contribution in [0, 0.1) is 0 Å². The average Bonchev–Trinajstić information content (AvgIpc) is 2.30. The summed E-state index contributed by atoms with van der Waals surface area (Å²) in [6.45, 7) is 0. The Hall–Kier alpha value is -1.97. The maximum atomic E-state index is 4.15. The van der Waals surface area contributed by atoms with E-state index < -0.39 is 0 Å². The van der Waals surface area contributed by atoms with Gasteiger partial charge in [0.15, 0.2) is 0 Å². The number of aromatic nitrogens is 3. The summed E-state index contributed by atoms with van der Waals surface area (Å²) in [4.78, 5) is 14.0. The van der Waals surface area contributed by atoms with Gasteiger partial charge in [0.25, 0.3) is 0 Å². The Morgan fingerprint density at radius 3 is 2.36 bits per heavy atom. The van der Waals surface area contributed by atoms with E-state index in [1.54, 1.807) is 18.6 Å². The number of nitrogens with zero attached hydrogens (tertiary/aromatic N) is 4. The first-order chi connectivity index (χ1) is 6.88. The Morgan fingerprint density at radius 1 is 1.00 bits per heavy atom. The van der Waals surface area contributed by atoms with Crippen LogP contribution >= 0.6 is 0 Å². The molecule has 4 nitrogen and oxygen atoms in total. The van der Waals surface area contributed by atoms with E-state index in [2.05, 4.69) is 15.0 Å². The molecule has 0 amide bonds. The molecule has 4 heteroatoms. The molecule has 0 aliphatic rings. The van der Waals surface area contributed by atoms with E-state index >= 15 is 0 Å². The molecule has 2 aromatic heterocycles. The molecule has 0 aliphatic heterocycles. The summed E-state index contributed by atoms with van der Waals surface area (Å²) in [7, 11) is 1.96. The van der Waals surface area contributed by atoms with Crippen molar-refractivity contribution in [1.29, 1.82) is 0 Å². The summed E-state index contributed by atoms with van der Waals surface area (Å²) in [5.41, 5.74) is 1.05. The smallest absolute Gasteiger partial charge is 0.136 e. The van der Waals surface area contributed by atoms with Crippen molar-refractivity contribution in [2.24, 2.45) is 0 Å². The minimum absolute atomic E-state index is 0.867. The second kappa shape index (κ2) is 3.83. The van der Waals surface area contributed by atoms with Crippen molar-refractivity contribution < 1.29 is 0 Å². The summed E-state index contributed by atoms with van der Waals surface area (Å²) >= 11 is 0. The van der Waals surface area contributed by atoms with Crippen LogP contribution in [-0.4, -0.2) is 22.0 Å². The average molecular weight is 186 g/mol. The van der Waals surface area contributed by atoms with Gasteiger partial charge in [-0.15, -0.1) is 0 Å². The molecule has 0 atom stereocenters. The van der Waals surface area contributed by atoms with E-state index in [1.807, 2.05) is 30.1 Å². The van der Waals surface area contributed by atoms with Crippen LogP contribution in [0.2, 0.25) is 0 Å². The van der Waals surface area contributed by atoms with Gasteiger partial charge in [-0.3, -0.25) is 4.98 Å². The van der Waals surface area contributed by atoms with Crippen molar-refractivity contribution >= 4 is 11.5 Å². The van der Waals surface area contributed by atoms with E-state index in [1.165, 1.54) is 6.33 Å². The van der Waals surface area contributed by atoms with Crippen LogP contribution in [0.1, 0.15) is 0 Å². The van der Waals surface area contributed by atoms with Gasteiger partial charge in [-0.25, -0.2) is 9.97 Å². The molecule has 0 radical (unpaired) electrons. The van der Waals surface area contributed by atoms with E-state index in [-0.39, 0.29) is 0 Å². The highest BCUT2D eigenvalue weighted by Crippen LogP contribution is 2.18. The minimum Gasteiger partial charge on any atom is -0.329 e. The molecule has 2 rings (SSSR count). The predicted molar refractivity (Wildman–Crippen MR) is 54.3 cm³/mol. The fourth-order valence-corrected chi connectivity index (χ4v) is 1.18. The number of anilines is 2. The summed E-state index contributed by atoms with van der Waals surface area (Å²) in [6.07, 6.45) is 6.77. The first-order valence-corrected chi connectivity index (χ1v) is 4.28. The third kappa shape index (κ3) is 1.69. The van der Waals surface area contributed by atoms with Crippen molar-refractivity contribution in [3.8, 4) is 0 Å². The molecule has 2 aromatic rings. The molecular weight excluding hydrogens is 176 g/mol. The zero-order valence-electron chi connectivity index (χ0n) is 7.83. The monoisotopic (exact) mass is 186 g/mol. The molecule has 2 heterocycles. The third-order valence-corrected chi connectivity index (χ3v) is 1.96. The lowest BCUT2D eigenvalue weighted by molar-refractivity contribution is 1.07. The molecule has 0 spiro atoms. The Labute approximate surface area is 82.3 Å². The highest BCUT2D eigenvalue weighted by atomic mass is 15.2. The largest absolute Gasteiger partial charge is 0.329 e. The van der Waals surface area contributed by atoms with Crippen LogP contribution in [0.3, 0.4) is 0 Å². The van der Waals surface area contributed by atoms with Crippen molar-refractivity contribution in [3.05, 3.63) is 43.1 Å². The summed E-state index contributed by atoms with van der Waals surface area (Å²) in [5, 5.41) is 0. The van der Waals surface area contributed by atoms with Crippen LogP contribution < -0.4 is 4.90 Å². The van der Waals surface area contributed by atoms with E-state index in [9.17, 15) is 0 Å². The predicted octanol–water partition coefficient (Wildman–Crippen LogP) is 1.64. The number of hydrogen-bond acceptors (Lipinski definition) is 4. The van der Waals surface area contributed by atoms with E-state index in [0.29, 0.717) is 0 Å². The maximum absolute atomic E-state index is 4.15. The lowest BCUT2D eigenvalue weighted by atomic mass is 10.3. The topological polar surface area (TPSA) is 41.9 Å². The Bertz CT molecular complexity index is 348. The fraction of sp³-hybridized carbons (Fsp3) is 0.100. The highest BCUT2D eigenvalue weighted by molar-refractivity contribution is 5.57. The molecule has 14 heavy (non-hydrogen) atoms. The van der Waals surface area contributed by atoms with Crippen molar-refractivity contribution in [3.63, 3.8) is 0 Å². The second-order valence-electron chi connectivity index (χ2n) is 2.83. The molecule has 0 N–H and O–H groups in total. The van der Waals surface area contributed by atoms with Crippen LogP contribution in [0.15, 0.2) is 43.1 Å². The molecular formula is C10H10N4. The van der Waals surface area contributed by atoms with Crippen molar-refractivity contribution in [2.75, 3.05) is 11.9 Å². The molecule has 70 valence electrons. The van der Waals surface area contributed by atoms with Crippen LogP contribution in [0.4, 0.5) is 11.5 Å². The fourth-order valence-electron chi connectivity index (χ4n) is 1.18. The second-order valence-corrected chi connectivity index (χ2v) is 2.83. The Balaban J connectivity index is 2.30. The Morgan fingerprint density at radius 2 is 1.71 bits per heavy atom. The lowest BCUT2D eigenvalue weighted by Crippen LogP contribution is -2.10. The van der Waals surface area contributed by atoms with Crippen molar-refractivity contribution in [1.82, 2.24) is 15.0 Å². The number of hydrogen-bond donors (Lipinski definition) is 0. The van der Waals surface area contributed by atoms with Gasteiger partial charge < -0.3 is 4.90 Å². The quantitative estimate of drug-likeness (QED) is 0.715. The van der Waals surface area contributed by atoms with Gasteiger partial charge in [-0.05, 0) is 18.2 Å². The van der Waals surface area contributed by atoms with Crippen LogP contribution in [-0.2, 0) is 0 Å². The zero-order chi connectivity index (χ0) is 9.80. The van der Waals surface area contributed by atoms with Crippen molar-refractivity contribution in [2.45, 2.75) is 0 Å². The number of pyridine rings is 1. The third-order valence-electron chi connectivity index (χ3n) is 1.96. The van der Waals surface area contributed by atoms with Gasteiger partial charge >= 0.3 is 0 Å². The minimum atomic E-state index is 0.867. The molecule has 0 unspecified atom stereocenters. The summed E-state index contributed by atoms with van der Waals surface area (Å²) < 4.78 is 0. The van der Waals surface area contributed by atoms with Crippen LogP contribution in [0.5, 0.6) is 0 Å². The SMILES string of the molecule is CN(c1ccncc1)c1ccncn1.